The summed E-state index contributed by atoms with van der Waals surface area (Å²) in [6, 6.07) is 20.5. The Hall–Kier alpha value is -3.74. The molecule has 29 heavy (non-hydrogen) atoms. The van der Waals surface area contributed by atoms with Crippen LogP contribution in [0, 0.1) is 0 Å². The van der Waals surface area contributed by atoms with Gasteiger partial charge in [0.25, 0.3) is 0 Å². The molecule has 1 aliphatic rings. The molecule has 0 bridgehead atoms. The summed E-state index contributed by atoms with van der Waals surface area (Å²) in [5, 5.41) is 12.8. The molecule has 2 aromatic heterocycles. The molecule has 0 atom stereocenters. The third-order valence-electron chi connectivity index (χ3n) is 5.13. The minimum atomic E-state index is 0.649. The number of benzene rings is 2. The Labute approximate surface area is 169 Å². The zero-order valence-electron chi connectivity index (χ0n) is 15.9. The Morgan fingerprint density at radius 2 is 1.59 bits per heavy atom. The molecule has 0 radical (unpaired) electrons. The molecule has 0 spiro atoms. The first kappa shape index (κ1) is 17.4. The van der Waals surface area contributed by atoms with Crippen molar-refractivity contribution in [1.82, 2.24) is 20.2 Å². The molecule has 1 N–H and O–H groups in total. The molecular weight excluding hydrogens is 362 g/mol. The second-order valence-electron chi connectivity index (χ2n) is 6.96. The first-order chi connectivity index (χ1) is 14.4. The van der Waals surface area contributed by atoms with E-state index in [1.54, 1.807) is 12.4 Å². The lowest BCUT2D eigenvalue weighted by atomic mass is 10.2. The van der Waals surface area contributed by atoms with Gasteiger partial charge in [-0.3, -0.25) is 4.98 Å². The predicted octanol–water partition coefficient (Wildman–Crippen LogP) is 3.49. The molecule has 0 unspecified atom stereocenters. The topological polar surface area (TPSA) is 70.1 Å². The van der Waals surface area contributed by atoms with Gasteiger partial charge in [-0.1, -0.05) is 36.4 Å². The van der Waals surface area contributed by atoms with Crippen LogP contribution in [0.3, 0.4) is 0 Å². The highest BCUT2D eigenvalue weighted by molar-refractivity contribution is 5.91. The number of fused-ring (bicyclic) bond motifs is 1. The van der Waals surface area contributed by atoms with Gasteiger partial charge in [-0.05, 0) is 24.3 Å². The maximum atomic E-state index is 4.69. The number of rotatable bonds is 4. The van der Waals surface area contributed by atoms with Crippen molar-refractivity contribution in [3.8, 4) is 0 Å². The molecule has 7 nitrogen and oxygen atoms in total. The maximum absolute atomic E-state index is 4.69. The molecule has 5 rings (SSSR count). The largest absolute Gasteiger partial charge is 0.368 e. The summed E-state index contributed by atoms with van der Waals surface area (Å²) in [6.07, 6.45) is 3.44. The van der Waals surface area contributed by atoms with E-state index >= 15 is 0 Å². The number of pyridine rings is 1. The van der Waals surface area contributed by atoms with Crippen LogP contribution in [0.2, 0.25) is 0 Å². The zero-order valence-corrected chi connectivity index (χ0v) is 15.9. The van der Waals surface area contributed by atoms with E-state index in [0.29, 0.717) is 11.8 Å². The SMILES string of the molecule is c1ccc(N2CCN(c3nncc(Nc4cccc5cccnc45)n3)CC2)cc1. The monoisotopic (exact) mass is 383 g/mol. The van der Waals surface area contributed by atoms with Gasteiger partial charge in [0.15, 0.2) is 5.82 Å². The molecule has 1 saturated heterocycles. The average Bonchev–Trinajstić information content (AvgIpc) is 2.80. The van der Waals surface area contributed by atoms with E-state index in [-0.39, 0.29) is 0 Å². The number of nitrogens with one attached hydrogen (secondary N) is 1. The number of hydrogen-bond donors (Lipinski definition) is 1. The minimum Gasteiger partial charge on any atom is -0.368 e. The van der Waals surface area contributed by atoms with Gasteiger partial charge in [-0.2, -0.15) is 10.1 Å². The molecule has 0 amide bonds. The van der Waals surface area contributed by atoms with Crippen molar-refractivity contribution in [2.24, 2.45) is 0 Å². The van der Waals surface area contributed by atoms with Crippen molar-refractivity contribution < 1.29 is 0 Å². The fourth-order valence-electron chi connectivity index (χ4n) is 3.63. The number of para-hydroxylation sites is 2. The summed E-state index contributed by atoms with van der Waals surface area (Å²) in [6.45, 7) is 3.57. The van der Waals surface area contributed by atoms with Gasteiger partial charge in [0.1, 0.15) is 0 Å². The van der Waals surface area contributed by atoms with Crippen LogP contribution in [0.5, 0.6) is 0 Å². The van der Waals surface area contributed by atoms with Crippen LogP contribution in [-0.4, -0.2) is 46.3 Å². The Balaban J connectivity index is 1.32. The summed E-state index contributed by atoms with van der Waals surface area (Å²) in [4.78, 5) is 13.7. The van der Waals surface area contributed by atoms with Crippen molar-refractivity contribution in [2.75, 3.05) is 41.3 Å². The molecular formula is C22H21N7. The Morgan fingerprint density at radius 3 is 2.45 bits per heavy atom. The van der Waals surface area contributed by atoms with Crippen LogP contribution in [-0.2, 0) is 0 Å². The minimum absolute atomic E-state index is 0.649. The normalized spacial score (nSPS) is 14.2. The molecule has 3 heterocycles. The smallest absolute Gasteiger partial charge is 0.247 e. The summed E-state index contributed by atoms with van der Waals surface area (Å²) in [5.74, 6) is 1.31. The average molecular weight is 383 g/mol. The van der Waals surface area contributed by atoms with Gasteiger partial charge in [-0.25, -0.2) is 0 Å². The number of nitrogens with zero attached hydrogens (tertiary/aromatic N) is 6. The van der Waals surface area contributed by atoms with Crippen LogP contribution >= 0.6 is 0 Å². The standard InChI is InChI=1S/C22H21N7/c1-2-8-18(9-3-1)28-12-14-29(15-13-28)22-26-20(16-24-27-22)25-19-10-4-6-17-7-5-11-23-21(17)19/h1-11,16H,12-15H2,(H,25,26,27). The van der Waals surface area contributed by atoms with Crippen LogP contribution in [0.25, 0.3) is 10.9 Å². The van der Waals surface area contributed by atoms with Crippen molar-refractivity contribution in [1.29, 1.82) is 0 Å². The Morgan fingerprint density at radius 1 is 0.793 bits per heavy atom. The summed E-state index contributed by atoms with van der Waals surface area (Å²) < 4.78 is 0. The number of piperazine rings is 1. The van der Waals surface area contributed by atoms with Gasteiger partial charge in [0.2, 0.25) is 5.95 Å². The van der Waals surface area contributed by atoms with Crippen LogP contribution in [0.15, 0.2) is 73.1 Å². The fourth-order valence-corrected chi connectivity index (χ4v) is 3.63. The molecule has 2 aromatic carbocycles. The fraction of sp³-hybridized carbons (Fsp3) is 0.182. The summed E-state index contributed by atoms with van der Waals surface area (Å²) in [5.41, 5.74) is 3.07. The van der Waals surface area contributed by atoms with E-state index in [1.165, 1.54) is 5.69 Å². The third-order valence-corrected chi connectivity index (χ3v) is 5.13. The highest BCUT2D eigenvalue weighted by Crippen LogP contribution is 2.24. The second-order valence-corrected chi connectivity index (χ2v) is 6.96. The quantitative estimate of drug-likeness (QED) is 0.578. The van der Waals surface area contributed by atoms with Gasteiger partial charge < -0.3 is 15.1 Å². The van der Waals surface area contributed by atoms with E-state index in [4.69, 9.17) is 4.98 Å². The molecule has 4 aromatic rings. The summed E-state index contributed by atoms with van der Waals surface area (Å²) in [7, 11) is 0. The van der Waals surface area contributed by atoms with E-state index in [1.807, 2.05) is 36.4 Å². The lowest BCUT2D eigenvalue weighted by molar-refractivity contribution is 0.635. The maximum Gasteiger partial charge on any atom is 0.247 e. The van der Waals surface area contributed by atoms with E-state index in [2.05, 4.69) is 54.6 Å². The highest BCUT2D eigenvalue weighted by Gasteiger charge is 2.20. The third kappa shape index (κ3) is 3.67. The number of anilines is 4. The molecule has 7 heteroatoms. The Bertz CT molecular complexity index is 1100. The first-order valence-corrected chi connectivity index (χ1v) is 9.72. The van der Waals surface area contributed by atoms with Crippen LogP contribution in [0.4, 0.5) is 23.1 Å². The lowest BCUT2D eigenvalue weighted by Crippen LogP contribution is -2.47. The lowest BCUT2D eigenvalue weighted by Gasteiger charge is -2.35. The van der Waals surface area contributed by atoms with Gasteiger partial charge in [-0.15, -0.1) is 5.10 Å². The first-order valence-electron chi connectivity index (χ1n) is 9.72. The predicted molar refractivity (Wildman–Crippen MR) is 116 cm³/mol. The van der Waals surface area contributed by atoms with Crippen LogP contribution < -0.4 is 15.1 Å². The van der Waals surface area contributed by atoms with Crippen molar-refractivity contribution in [3.05, 3.63) is 73.1 Å². The van der Waals surface area contributed by atoms with E-state index in [9.17, 15) is 0 Å². The van der Waals surface area contributed by atoms with Gasteiger partial charge in [0, 0.05) is 43.4 Å². The van der Waals surface area contributed by atoms with Crippen molar-refractivity contribution >= 4 is 34.0 Å². The van der Waals surface area contributed by atoms with Crippen molar-refractivity contribution in [2.45, 2.75) is 0 Å². The summed E-state index contributed by atoms with van der Waals surface area (Å²) >= 11 is 0. The molecule has 144 valence electrons. The molecule has 0 saturated carbocycles. The van der Waals surface area contributed by atoms with Crippen molar-refractivity contribution in [3.63, 3.8) is 0 Å². The van der Waals surface area contributed by atoms with E-state index in [0.717, 1.165) is 42.8 Å². The van der Waals surface area contributed by atoms with Gasteiger partial charge in [0.05, 0.1) is 17.4 Å². The molecule has 1 fully saturated rings. The van der Waals surface area contributed by atoms with Crippen LogP contribution in [0.1, 0.15) is 0 Å². The number of hydrogen-bond acceptors (Lipinski definition) is 7. The molecule has 1 aliphatic heterocycles. The van der Waals surface area contributed by atoms with E-state index < -0.39 is 0 Å². The highest BCUT2D eigenvalue weighted by atomic mass is 15.4. The second kappa shape index (κ2) is 7.71. The number of aromatic nitrogens is 4. The van der Waals surface area contributed by atoms with Gasteiger partial charge >= 0.3 is 0 Å². The molecule has 0 aliphatic carbocycles. The Kier molecular flexibility index (Phi) is 4.62. The zero-order chi connectivity index (χ0) is 19.5.